The maximum Gasteiger partial charge on any atom is 0.259 e. The van der Waals surface area contributed by atoms with Crippen LogP contribution in [0.5, 0.6) is 0 Å². The molecule has 0 bridgehead atoms. The lowest BCUT2D eigenvalue weighted by molar-refractivity contribution is -0.114. The van der Waals surface area contributed by atoms with Gasteiger partial charge >= 0.3 is 0 Å². The monoisotopic (exact) mass is 302 g/mol. The maximum absolute atomic E-state index is 11.0. The first-order valence-electron chi connectivity index (χ1n) is 6.84. The fourth-order valence-electron chi connectivity index (χ4n) is 1.73. The number of oxime groups is 1. The predicted molar refractivity (Wildman–Crippen MR) is 81.5 cm³/mol. The molecule has 0 radical (unpaired) electrons. The summed E-state index contributed by atoms with van der Waals surface area (Å²) in [6, 6.07) is 7.32. The van der Waals surface area contributed by atoms with E-state index in [1.807, 2.05) is 19.1 Å². The van der Waals surface area contributed by atoms with E-state index in [1.165, 1.54) is 6.92 Å². The van der Waals surface area contributed by atoms with Gasteiger partial charge in [-0.05, 0) is 31.5 Å². The van der Waals surface area contributed by atoms with Crippen LogP contribution >= 0.6 is 0 Å². The lowest BCUT2D eigenvalue weighted by Crippen LogP contribution is -2.06. The molecular weight excluding hydrogens is 284 g/mol. The molecule has 0 fully saturated rings. The molecule has 0 spiro atoms. The van der Waals surface area contributed by atoms with Crippen molar-refractivity contribution in [2.75, 3.05) is 5.32 Å². The van der Waals surface area contributed by atoms with Crippen molar-refractivity contribution in [1.29, 1.82) is 0 Å². The number of aryl methyl sites for hydroxylation is 1. The van der Waals surface area contributed by atoms with Crippen LogP contribution in [-0.4, -0.2) is 21.8 Å². The molecule has 1 aromatic carbocycles. The second kappa shape index (κ2) is 6.84. The van der Waals surface area contributed by atoms with Crippen molar-refractivity contribution >= 4 is 17.3 Å². The number of benzene rings is 1. The molecule has 7 heteroatoms. The van der Waals surface area contributed by atoms with Gasteiger partial charge in [0.15, 0.2) is 0 Å². The average molecular weight is 302 g/mol. The molecule has 1 amide bonds. The normalized spacial score (nSPS) is 12.8. The fraction of sp³-hybridized carbons (Fsp3) is 0.333. The summed E-state index contributed by atoms with van der Waals surface area (Å²) in [5.41, 5.74) is 2.33. The Morgan fingerprint density at radius 2 is 1.95 bits per heavy atom. The van der Waals surface area contributed by atoms with Crippen molar-refractivity contribution in [3.63, 3.8) is 0 Å². The molecule has 1 aromatic heterocycles. The molecule has 1 heterocycles. The summed E-state index contributed by atoms with van der Waals surface area (Å²) >= 11 is 0. The van der Waals surface area contributed by atoms with Crippen LogP contribution in [0.15, 0.2) is 33.8 Å². The Labute approximate surface area is 128 Å². The van der Waals surface area contributed by atoms with Gasteiger partial charge in [0, 0.05) is 19.5 Å². The summed E-state index contributed by atoms with van der Waals surface area (Å²) in [5, 5.41) is 14.4. The van der Waals surface area contributed by atoms with Crippen LogP contribution in [0.2, 0.25) is 0 Å². The van der Waals surface area contributed by atoms with Gasteiger partial charge in [0.05, 0.1) is 5.71 Å². The molecular formula is C15H18N4O3. The first-order valence-corrected chi connectivity index (χ1v) is 6.84. The van der Waals surface area contributed by atoms with Crippen LogP contribution in [0.3, 0.4) is 0 Å². The highest BCUT2D eigenvalue weighted by Gasteiger charge is 2.13. The van der Waals surface area contributed by atoms with Gasteiger partial charge in [0.25, 0.3) is 5.89 Å². The van der Waals surface area contributed by atoms with Crippen molar-refractivity contribution in [1.82, 2.24) is 10.2 Å². The minimum absolute atomic E-state index is 0.106. The van der Waals surface area contributed by atoms with Crippen LogP contribution in [-0.2, 0) is 9.63 Å². The molecule has 1 unspecified atom stereocenters. The van der Waals surface area contributed by atoms with Gasteiger partial charge in [-0.2, -0.15) is 0 Å². The summed E-state index contributed by atoms with van der Waals surface area (Å²) in [7, 11) is 0. The van der Waals surface area contributed by atoms with Gasteiger partial charge in [-0.3, -0.25) is 4.79 Å². The second-order valence-corrected chi connectivity index (χ2v) is 4.84. The van der Waals surface area contributed by atoms with Crippen molar-refractivity contribution in [3.05, 3.63) is 41.6 Å². The summed E-state index contributed by atoms with van der Waals surface area (Å²) in [5.74, 6) is 0.764. The number of carbonyl (C=O) groups excluding carboxylic acids is 1. The molecule has 0 saturated heterocycles. The van der Waals surface area contributed by atoms with Gasteiger partial charge < -0.3 is 14.6 Å². The molecule has 7 nitrogen and oxygen atoms in total. The Morgan fingerprint density at radius 3 is 2.50 bits per heavy atom. The average Bonchev–Trinajstić information content (AvgIpc) is 2.91. The minimum Gasteiger partial charge on any atom is -0.422 e. The van der Waals surface area contributed by atoms with Crippen LogP contribution < -0.4 is 5.32 Å². The van der Waals surface area contributed by atoms with E-state index in [1.54, 1.807) is 26.0 Å². The molecule has 2 rings (SSSR count). The highest BCUT2D eigenvalue weighted by atomic mass is 16.6. The van der Waals surface area contributed by atoms with Gasteiger partial charge in [-0.1, -0.05) is 17.3 Å². The highest BCUT2D eigenvalue weighted by Crippen LogP contribution is 2.16. The lowest BCUT2D eigenvalue weighted by Gasteiger charge is -2.07. The zero-order valence-corrected chi connectivity index (χ0v) is 13.0. The van der Waals surface area contributed by atoms with Gasteiger partial charge in [0.1, 0.15) is 0 Å². The van der Waals surface area contributed by atoms with Gasteiger partial charge in [0.2, 0.25) is 17.9 Å². The van der Waals surface area contributed by atoms with E-state index in [0.717, 1.165) is 11.3 Å². The Morgan fingerprint density at radius 1 is 1.27 bits per heavy atom. The Kier molecular flexibility index (Phi) is 4.88. The number of amides is 1. The second-order valence-electron chi connectivity index (χ2n) is 4.84. The fourth-order valence-corrected chi connectivity index (χ4v) is 1.73. The van der Waals surface area contributed by atoms with Crippen LogP contribution in [0.25, 0.3) is 0 Å². The van der Waals surface area contributed by atoms with Gasteiger partial charge in [-0.15, -0.1) is 10.2 Å². The number of anilines is 1. The lowest BCUT2D eigenvalue weighted by atomic mass is 10.1. The minimum atomic E-state index is -0.421. The van der Waals surface area contributed by atoms with E-state index in [-0.39, 0.29) is 5.91 Å². The van der Waals surface area contributed by atoms with E-state index < -0.39 is 6.10 Å². The summed E-state index contributed by atoms with van der Waals surface area (Å²) in [6.45, 7) is 6.80. The van der Waals surface area contributed by atoms with E-state index in [9.17, 15) is 4.79 Å². The number of hydrogen-bond acceptors (Lipinski definition) is 6. The summed E-state index contributed by atoms with van der Waals surface area (Å²) in [6.07, 6.45) is -0.421. The molecule has 0 aliphatic rings. The Hall–Kier alpha value is -2.70. The maximum atomic E-state index is 11.0. The smallest absolute Gasteiger partial charge is 0.259 e. The van der Waals surface area contributed by atoms with Crippen molar-refractivity contribution < 1.29 is 14.0 Å². The van der Waals surface area contributed by atoms with Crippen molar-refractivity contribution in [2.24, 2.45) is 5.16 Å². The van der Waals surface area contributed by atoms with Gasteiger partial charge in [-0.25, -0.2) is 0 Å². The van der Waals surface area contributed by atoms with Crippen molar-refractivity contribution in [2.45, 2.75) is 33.8 Å². The van der Waals surface area contributed by atoms with E-state index in [2.05, 4.69) is 20.7 Å². The third-order valence-corrected chi connectivity index (χ3v) is 2.86. The zero-order valence-electron chi connectivity index (χ0n) is 13.0. The Bertz CT molecular complexity index is 676. The third-order valence-electron chi connectivity index (χ3n) is 2.86. The van der Waals surface area contributed by atoms with Crippen molar-refractivity contribution in [3.8, 4) is 0 Å². The molecule has 0 saturated carbocycles. The first kappa shape index (κ1) is 15.7. The number of nitrogens with zero attached hydrogens (tertiary/aromatic N) is 3. The standard InChI is InChI=1S/C15H18N4O3/c1-9(13-5-7-14(8-6-13)16-11(3)20)19-22-10(2)15-18-17-12(4)21-15/h5-8,10H,1-4H3,(H,16,20)/b19-9+. The topological polar surface area (TPSA) is 89.6 Å². The number of carbonyl (C=O) groups is 1. The number of aromatic nitrogens is 2. The molecule has 0 aliphatic heterocycles. The number of nitrogens with one attached hydrogen (secondary N) is 1. The predicted octanol–water partition coefficient (Wildman–Crippen LogP) is 2.84. The van der Waals surface area contributed by atoms with Crippen LogP contribution in [0.1, 0.15) is 44.2 Å². The van der Waals surface area contributed by atoms with E-state index >= 15 is 0 Å². The molecule has 22 heavy (non-hydrogen) atoms. The number of rotatable bonds is 5. The summed E-state index contributed by atoms with van der Waals surface area (Å²) < 4.78 is 5.28. The SMILES string of the molecule is CC(=O)Nc1ccc(/C(C)=N/OC(C)c2nnc(C)o2)cc1. The van der Waals surface area contributed by atoms with Crippen LogP contribution in [0.4, 0.5) is 5.69 Å². The number of hydrogen-bond donors (Lipinski definition) is 1. The molecule has 1 N–H and O–H groups in total. The molecule has 0 aliphatic carbocycles. The Balaban J connectivity index is 2.00. The summed E-state index contributed by atoms with van der Waals surface area (Å²) in [4.78, 5) is 16.3. The zero-order chi connectivity index (χ0) is 16.1. The largest absolute Gasteiger partial charge is 0.422 e. The van der Waals surface area contributed by atoms with E-state index in [0.29, 0.717) is 17.5 Å². The molecule has 1 atom stereocenters. The first-order chi connectivity index (χ1) is 10.5. The third kappa shape index (κ3) is 4.15. The highest BCUT2D eigenvalue weighted by molar-refractivity contribution is 5.99. The van der Waals surface area contributed by atoms with Crippen LogP contribution in [0, 0.1) is 6.92 Å². The molecule has 116 valence electrons. The van der Waals surface area contributed by atoms with E-state index in [4.69, 9.17) is 9.25 Å². The molecule has 2 aromatic rings. The quantitative estimate of drug-likeness (QED) is 0.677.